The number of hydrogen-bond acceptors (Lipinski definition) is 2. The maximum atomic E-state index is 5.81. The molecule has 3 heteroatoms. The maximum Gasteiger partial charge on any atom is 0.0666 e. The van der Waals surface area contributed by atoms with Gasteiger partial charge in [-0.2, -0.15) is 0 Å². The minimum absolute atomic E-state index is 0.874. The second kappa shape index (κ2) is 3.46. The summed E-state index contributed by atoms with van der Waals surface area (Å²) in [7, 11) is 0. The molecule has 2 aromatic rings. The molecule has 0 aliphatic carbocycles. The van der Waals surface area contributed by atoms with Crippen LogP contribution in [0, 0.1) is 2.88 Å². The van der Waals surface area contributed by atoms with Gasteiger partial charge in [-0.25, -0.2) is 0 Å². The zero-order valence-corrected chi connectivity index (χ0v) is 10.3. The van der Waals surface area contributed by atoms with Crippen molar-refractivity contribution < 1.29 is 0 Å². The molecule has 0 fully saturated rings. The highest BCUT2D eigenvalue weighted by molar-refractivity contribution is 14.1. The first-order valence-corrected chi connectivity index (χ1v) is 6.07. The number of nitrogen functional groups attached to an aromatic ring is 1. The summed E-state index contributed by atoms with van der Waals surface area (Å²) >= 11 is 4.20. The molecule has 1 heterocycles. The van der Waals surface area contributed by atoms with Crippen molar-refractivity contribution >= 4 is 49.7 Å². The fourth-order valence-corrected chi connectivity index (χ4v) is 3.43. The van der Waals surface area contributed by atoms with Crippen LogP contribution >= 0.6 is 33.9 Å². The number of anilines is 1. The molecule has 0 amide bonds. The number of thiophene rings is 1. The van der Waals surface area contributed by atoms with Crippen LogP contribution in [0.2, 0.25) is 0 Å². The molecule has 1 aromatic carbocycles. The van der Waals surface area contributed by atoms with Crippen LogP contribution in [0.5, 0.6) is 0 Å². The van der Waals surface area contributed by atoms with Gasteiger partial charge in [0.05, 0.1) is 2.88 Å². The summed E-state index contributed by atoms with van der Waals surface area (Å²) in [4.78, 5) is 0. The minimum atomic E-state index is 0.874. The molecule has 13 heavy (non-hydrogen) atoms. The molecule has 0 aliphatic rings. The maximum absolute atomic E-state index is 5.81. The quantitative estimate of drug-likeness (QED) is 0.631. The van der Waals surface area contributed by atoms with Gasteiger partial charge in [0.1, 0.15) is 0 Å². The SMILES string of the molecule is CCc1cc(N)cc2cc(I)sc12. The van der Waals surface area contributed by atoms with E-state index < -0.39 is 0 Å². The van der Waals surface area contributed by atoms with E-state index in [2.05, 4.69) is 41.6 Å². The average Bonchev–Trinajstić information content (AvgIpc) is 2.43. The van der Waals surface area contributed by atoms with E-state index in [1.54, 1.807) is 0 Å². The van der Waals surface area contributed by atoms with Gasteiger partial charge >= 0.3 is 0 Å². The Morgan fingerprint density at radius 3 is 2.85 bits per heavy atom. The summed E-state index contributed by atoms with van der Waals surface area (Å²) in [6, 6.07) is 6.32. The minimum Gasteiger partial charge on any atom is -0.399 e. The Bertz CT molecular complexity index is 447. The van der Waals surface area contributed by atoms with Gasteiger partial charge in [0.2, 0.25) is 0 Å². The topological polar surface area (TPSA) is 26.0 Å². The average molecular weight is 303 g/mol. The Morgan fingerprint density at radius 2 is 2.15 bits per heavy atom. The molecule has 0 saturated carbocycles. The summed E-state index contributed by atoms with van der Waals surface area (Å²) < 4.78 is 2.72. The molecule has 0 bridgehead atoms. The van der Waals surface area contributed by atoms with Crippen molar-refractivity contribution in [3.8, 4) is 0 Å². The number of nitrogens with two attached hydrogens (primary N) is 1. The highest BCUT2D eigenvalue weighted by Gasteiger charge is 2.04. The molecule has 0 unspecified atom stereocenters. The van der Waals surface area contributed by atoms with Crippen LogP contribution in [0.25, 0.3) is 10.1 Å². The van der Waals surface area contributed by atoms with E-state index >= 15 is 0 Å². The largest absolute Gasteiger partial charge is 0.399 e. The van der Waals surface area contributed by atoms with Crippen LogP contribution in [-0.2, 0) is 6.42 Å². The Hall–Kier alpha value is -0.290. The molecule has 1 aromatic heterocycles. The smallest absolute Gasteiger partial charge is 0.0666 e. The van der Waals surface area contributed by atoms with E-state index in [4.69, 9.17) is 5.73 Å². The lowest BCUT2D eigenvalue weighted by molar-refractivity contribution is 1.17. The number of halogens is 1. The van der Waals surface area contributed by atoms with Gasteiger partial charge in [-0.05, 0) is 58.2 Å². The van der Waals surface area contributed by atoms with Crippen molar-refractivity contribution in [2.24, 2.45) is 0 Å². The Morgan fingerprint density at radius 1 is 1.38 bits per heavy atom. The molecular formula is C10H10INS. The molecule has 1 nitrogen and oxygen atoms in total. The Balaban J connectivity index is 2.80. The van der Waals surface area contributed by atoms with Crippen LogP contribution in [0.4, 0.5) is 5.69 Å². The zero-order chi connectivity index (χ0) is 9.42. The molecule has 0 saturated heterocycles. The molecule has 68 valence electrons. The molecule has 2 rings (SSSR count). The van der Waals surface area contributed by atoms with E-state index in [1.807, 2.05) is 17.4 Å². The molecule has 0 aliphatic heterocycles. The van der Waals surface area contributed by atoms with Crippen molar-refractivity contribution in [1.29, 1.82) is 0 Å². The second-order valence-corrected chi connectivity index (χ2v) is 5.95. The first-order valence-electron chi connectivity index (χ1n) is 4.18. The normalized spacial score (nSPS) is 10.9. The van der Waals surface area contributed by atoms with Gasteiger partial charge < -0.3 is 5.73 Å². The van der Waals surface area contributed by atoms with Crippen molar-refractivity contribution in [3.05, 3.63) is 26.6 Å². The lowest BCUT2D eigenvalue weighted by Crippen LogP contribution is -1.87. The molecular weight excluding hydrogens is 293 g/mol. The highest BCUT2D eigenvalue weighted by Crippen LogP contribution is 2.31. The summed E-state index contributed by atoms with van der Waals surface area (Å²) in [5.41, 5.74) is 8.05. The number of aryl methyl sites for hydroxylation is 1. The van der Waals surface area contributed by atoms with E-state index in [0.717, 1.165) is 12.1 Å². The van der Waals surface area contributed by atoms with E-state index in [0.29, 0.717) is 0 Å². The number of rotatable bonds is 1. The summed E-state index contributed by atoms with van der Waals surface area (Å²) in [6.07, 6.45) is 1.05. The third kappa shape index (κ3) is 1.67. The third-order valence-electron chi connectivity index (χ3n) is 2.07. The van der Waals surface area contributed by atoms with Crippen molar-refractivity contribution in [2.75, 3.05) is 5.73 Å². The molecule has 0 spiro atoms. The van der Waals surface area contributed by atoms with E-state index in [-0.39, 0.29) is 0 Å². The number of hydrogen-bond donors (Lipinski definition) is 1. The number of fused-ring (bicyclic) bond motifs is 1. The zero-order valence-electron chi connectivity index (χ0n) is 7.30. The standard InChI is InChI=1S/C10H10INS/c1-2-6-3-8(12)4-7-5-9(11)13-10(6)7/h3-5H,2,12H2,1H3. The van der Waals surface area contributed by atoms with Crippen LogP contribution < -0.4 is 5.73 Å². The lowest BCUT2D eigenvalue weighted by atomic mass is 10.1. The third-order valence-corrected chi connectivity index (χ3v) is 4.05. The first kappa shape index (κ1) is 9.27. The van der Waals surface area contributed by atoms with Gasteiger partial charge in [0, 0.05) is 10.4 Å². The lowest BCUT2D eigenvalue weighted by Gasteiger charge is -2.00. The predicted octanol–water partition coefficient (Wildman–Crippen LogP) is 3.65. The first-order chi connectivity index (χ1) is 6.20. The Labute approximate surface area is 95.1 Å². The fourth-order valence-electron chi connectivity index (χ4n) is 1.48. The fraction of sp³-hybridized carbons (Fsp3) is 0.200. The van der Waals surface area contributed by atoms with Gasteiger partial charge in [0.15, 0.2) is 0 Å². The van der Waals surface area contributed by atoms with Gasteiger partial charge in [-0.1, -0.05) is 6.92 Å². The van der Waals surface area contributed by atoms with Crippen molar-refractivity contribution in [1.82, 2.24) is 0 Å². The van der Waals surface area contributed by atoms with Crippen LogP contribution in [0.1, 0.15) is 12.5 Å². The predicted molar refractivity (Wildman–Crippen MR) is 68.3 cm³/mol. The van der Waals surface area contributed by atoms with E-state index in [1.165, 1.54) is 18.5 Å². The van der Waals surface area contributed by atoms with Gasteiger partial charge in [-0.15, -0.1) is 11.3 Å². The second-order valence-electron chi connectivity index (χ2n) is 3.00. The summed E-state index contributed by atoms with van der Waals surface area (Å²) in [6.45, 7) is 2.17. The highest BCUT2D eigenvalue weighted by atomic mass is 127. The van der Waals surface area contributed by atoms with Crippen LogP contribution in [-0.4, -0.2) is 0 Å². The van der Waals surface area contributed by atoms with Crippen LogP contribution in [0.3, 0.4) is 0 Å². The molecule has 0 atom stereocenters. The van der Waals surface area contributed by atoms with Crippen molar-refractivity contribution in [2.45, 2.75) is 13.3 Å². The van der Waals surface area contributed by atoms with E-state index in [9.17, 15) is 0 Å². The van der Waals surface area contributed by atoms with Gasteiger partial charge in [-0.3, -0.25) is 0 Å². The summed E-state index contributed by atoms with van der Waals surface area (Å²) in [5.74, 6) is 0. The Kier molecular flexibility index (Phi) is 2.47. The number of benzene rings is 1. The molecule has 0 radical (unpaired) electrons. The molecule has 2 N–H and O–H groups in total. The van der Waals surface area contributed by atoms with Crippen molar-refractivity contribution in [3.63, 3.8) is 0 Å². The van der Waals surface area contributed by atoms with Crippen LogP contribution in [0.15, 0.2) is 18.2 Å². The summed E-state index contributed by atoms with van der Waals surface area (Å²) in [5, 5.41) is 1.28. The monoisotopic (exact) mass is 303 g/mol. The van der Waals surface area contributed by atoms with Gasteiger partial charge in [0.25, 0.3) is 0 Å².